The number of aliphatic hydroxyl groups is 1. The van der Waals surface area contributed by atoms with E-state index in [1.807, 2.05) is 42.5 Å². The van der Waals surface area contributed by atoms with Crippen LogP contribution in [0.5, 0.6) is 0 Å². The molecule has 1 heterocycles. The number of urea groups is 1. The molecular weight excluding hydrogens is 326 g/mol. The number of aromatic nitrogens is 1. The van der Waals surface area contributed by atoms with Gasteiger partial charge >= 0.3 is 6.03 Å². The van der Waals surface area contributed by atoms with Crippen molar-refractivity contribution in [1.82, 2.24) is 9.88 Å². The van der Waals surface area contributed by atoms with E-state index >= 15 is 0 Å². The second kappa shape index (κ2) is 8.50. The van der Waals surface area contributed by atoms with Crippen molar-refractivity contribution in [3.8, 4) is 11.8 Å². The quantitative estimate of drug-likeness (QED) is 0.837. The summed E-state index contributed by atoms with van der Waals surface area (Å²) in [6, 6.07) is 12.8. The number of carbonyl (C=O) groups excluding carboxylic acids is 1. The zero-order valence-corrected chi connectivity index (χ0v) is 14.9. The van der Waals surface area contributed by atoms with Crippen LogP contribution < -0.4 is 5.32 Å². The van der Waals surface area contributed by atoms with Crippen molar-refractivity contribution in [2.24, 2.45) is 5.92 Å². The summed E-state index contributed by atoms with van der Waals surface area (Å²) in [6.07, 6.45) is 4.24. The molecule has 5 heteroatoms. The maximum atomic E-state index is 12.4. The van der Waals surface area contributed by atoms with Gasteiger partial charge in [0.25, 0.3) is 0 Å². The highest BCUT2D eigenvalue weighted by atomic mass is 16.3. The van der Waals surface area contributed by atoms with Gasteiger partial charge in [0.15, 0.2) is 0 Å². The Morgan fingerprint density at radius 1 is 1.27 bits per heavy atom. The molecule has 1 aliphatic carbocycles. The van der Waals surface area contributed by atoms with Gasteiger partial charge in [-0.15, -0.1) is 0 Å². The zero-order valence-electron chi connectivity index (χ0n) is 14.9. The SMILES string of the molecule is CN(CC1CCCC1O)C(=O)Nc1cccc(C#Cc2ccccn2)c1. The van der Waals surface area contributed by atoms with Gasteiger partial charge in [-0.2, -0.15) is 0 Å². The summed E-state index contributed by atoms with van der Waals surface area (Å²) in [6.45, 7) is 0.562. The maximum Gasteiger partial charge on any atom is 0.321 e. The first-order valence-corrected chi connectivity index (χ1v) is 8.85. The molecule has 0 radical (unpaired) electrons. The van der Waals surface area contributed by atoms with Gasteiger partial charge in [0.05, 0.1) is 6.10 Å². The van der Waals surface area contributed by atoms with Crippen LogP contribution in [0.25, 0.3) is 0 Å². The Hall–Kier alpha value is -2.84. The Balaban J connectivity index is 1.61. The minimum Gasteiger partial charge on any atom is -0.393 e. The summed E-state index contributed by atoms with van der Waals surface area (Å²) in [7, 11) is 1.76. The molecule has 134 valence electrons. The topological polar surface area (TPSA) is 65.5 Å². The van der Waals surface area contributed by atoms with Crippen LogP contribution in [0.4, 0.5) is 10.5 Å². The van der Waals surface area contributed by atoms with Gasteiger partial charge in [-0.05, 0) is 49.1 Å². The van der Waals surface area contributed by atoms with Gasteiger partial charge in [0.2, 0.25) is 0 Å². The normalized spacial score (nSPS) is 18.7. The number of anilines is 1. The molecule has 1 aliphatic rings. The monoisotopic (exact) mass is 349 g/mol. The minimum atomic E-state index is -0.296. The second-order valence-corrected chi connectivity index (χ2v) is 6.61. The molecule has 0 saturated heterocycles. The Bertz CT molecular complexity index is 811. The van der Waals surface area contributed by atoms with Crippen LogP contribution in [0.1, 0.15) is 30.5 Å². The summed E-state index contributed by atoms with van der Waals surface area (Å²) in [5.74, 6) is 6.23. The predicted molar refractivity (Wildman–Crippen MR) is 102 cm³/mol. The van der Waals surface area contributed by atoms with E-state index in [1.165, 1.54) is 0 Å². The third-order valence-electron chi connectivity index (χ3n) is 4.59. The molecule has 1 aromatic heterocycles. The number of hydrogen-bond donors (Lipinski definition) is 2. The Morgan fingerprint density at radius 2 is 2.15 bits per heavy atom. The molecule has 1 aromatic carbocycles. The summed E-state index contributed by atoms with van der Waals surface area (Å²) in [4.78, 5) is 18.2. The van der Waals surface area contributed by atoms with Gasteiger partial charge in [-0.25, -0.2) is 9.78 Å². The number of amides is 2. The van der Waals surface area contributed by atoms with E-state index in [0.717, 1.165) is 24.8 Å². The van der Waals surface area contributed by atoms with Gasteiger partial charge in [-0.3, -0.25) is 0 Å². The first-order chi connectivity index (χ1) is 12.6. The minimum absolute atomic E-state index is 0.168. The Labute approximate surface area is 154 Å². The molecule has 0 aliphatic heterocycles. The lowest BCUT2D eigenvalue weighted by atomic mass is 10.1. The van der Waals surface area contributed by atoms with Crippen LogP contribution >= 0.6 is 0 Å². The number of rotatable bonds is 3. The highest BCUT2D eigenvalue weighted by Crippen LogP contribution is 2.26. The molecule has 26 heavy (non-hydrogen) atoms. The molecule has 0 spiro atoms. The number of carbonyl (C=O) groups is 1. The number of pyridine rings is 1. The number of aliphatic hydroxyl groups excluding tert-OH is 1. The van der Waals surface area contributed by atoms with Gasteiger partial charge in [0.1, 0.15) is 5.69 Å². The van der Waals surface area contributed by atoms with Crippen molar-refractivity contribution in [2.75, 3.05) is 18.9 Å². The molecule has 3 rings (SSSR count). The van der Waals surface area contributed by atoms with Crippen LogP contribution in [0.3, 0.4) is 0 Å². The molecule has 2 N–H and O–H groups in total. The van der Waals surface area contributed by atoms with E-state index < -0.39 is 0 Å². The zero-order chi connectivity index (χ0) is 18.4. The summed E-state index contributed by atoms with van der Waals surface area (Å²) >= 11 is 0. The highest BCUT2D eigenvalue weighted by Gasteiger charge is 2.27. The van der Waals surface area contributed by atoms with Crippen LogP contribution in [-0.4, -0.2) is 40.7 Å². The molecule has 2 amide bonds. The molecule has 2 aromatic rings. The van der Waals surface area contributed by atoms with Crippen LogP contribution in [-0.2, 0) is 0 Å². The fraction of sp³-hybridized carbons (Fsp3) is 0.333. The third-order valence-corrected chi connectivity index (χ3v) is 4.59. The van der Waals surface area contributed by atoms with Crippen molar-refractivity contribution < 1.29 is 9.90 Å². The number of nitrogens with one attached hydrogen (secondary N) is 1. The van der Waals surface area contributed by atoms with Gasteiger partial charge in [-0.1, -0.05) is 24.5 Å². The van der Waals surface area contributed by atoms with Crippen LogP contribution in [0.2, 0.25) is 0 Å². The third kappa shape index (κ3) is 4.84. The van der Waals surface area contributed by atoms with Gasteiger partial charge in [0, 0.05) is 37.0 Å². The van der Waals surface area contributed by atoms with E-state index in [1.54, 1.807) is 18.1 Å². The summed E-state index contributed by atoms with van der Waals surface area (Å²) in [5.41, 5.74) is 2.21. The van der Waals surface area contributed by atoms with E-state index in [-0.39, 0.29) is 18.1 Å². The first kappa shape index (κ1) is 18.0. The van der Waals surface area contributed by atoms with E-state index in [4.69, 9.17) is 0 Å². The Morgan fingerprint density at radius 3 is 2.88 bits per heavy atom. The molecule has 1 fully saturated rings. The number of nitrogens with zero attached hydrogens (tertiary/aromatic N) is 2. The van der Waals surface area contributed by atoms with E-state index in [2.05, 4.69) is 22.1 Å². The number of benzene rings is 1. The van der Waals surface area contributed by atoms with Crippen molar-refractivity contribution in [2.45, 2.75) is 25.4 Å². The standard InChI is InChI=1S/C21H23N3O2/c1-24(15-17-7-5-10-20(17)25)21(26)23-19-9-4-6-16(14-19)11-12-18-8-2-3-13-22-18/h2-4,6,8-9,13-14,17,20,25H,5,7,10,15H2,1H3,(H,23,26). The van der Waals surface area contributed by atoms with Crippen LogP contribution in [0, 0.1) is 17.8 Å². The fourth-order valence-corrected chi connectivity index (χ4v) is 3.13. The predicted octanol–water partition coefficient (Wildman–Crippen LogP) is 3.11. The lowest BCUT2D eigenvalue weighted by Crippen LogP contribution is -2.37. The average Bonchev–Trinajstić information content (AvgIpc) is 3.06. The molecule has 5 nitrogen and oxygen atoms in total. The van der Waals surface area contributed by atoms with Crippen LogP contribution in [0.15, 0.2) is 48.7 Å². The smallest absolute Gasteiger partial charge is 0.321 e. The van der Waals surface area contributed by atoms with Crippen molar-refractivity contribution >= 4 is 11.7 Å². The van der Waals surface area contributed by atoms with Crippen molar-refractivity contribution in [3.05, 3.63) is 59.9 Å². The number of hydrogen-bond acceptors (Lipinski definition) is 3. The Kier molecular flexibility index (Phi) is 5.88. The summed E-state index contributed by atoms with van der Waals surface area (Å²) < 4.78 is 0. The van der Waals surface area contributed by atoms with E-state index in [9.17, 15) is 9.90 Å². The molecule has 1 saturated carbocycles. The highest BCUT2D eigenvalue weighted by molar-refractivity contribution is 5.89. The molecular formula is C21H23N3O2. The van der Waals surface area contributed by atoms with Crippen molar-refractivity contribution in [1.29, 1.82) is 0 Å². The lowest BCUT2D eigenvalue weighted by Gasteiger charge is -2.23. The van der Waals surface area contributed by atoms with E-state index in [0.29, 0.717) is 17.9 Å². The molecule has 0 bridgehead atoms. The molecule has 2 atom stereocenters. The van der Waals surface area contributed by atoms with Gasteiger partial charge < -0.3 is 15.3 Å². The fourth-order valence-electron chi connectivity index (χ4n) is 3.13. The summed E-state index contributed by atoms with van der Waals surface area (Å²) in [5, 5.41) is 12.8. The maximum absolute atomic E-state index is 12.4. The second-order valence-electron chi connectivity index (χ2n) is 6.61. The first-order valence-electron chi connectivity index (χ1n) is 8.85. The molecule has 2 unspecified atom stereocenters. The lowest BCUT2D eigenvalue weighted by molar-refractivity contribution is 0.116. The largest absolute Gasteiger partial charge is 0.393 e. The van der Waals surface area contributed by atoms with Crippen molar-refractivity contribution in [3.63, 3.8) is 0 Å². The average molecular weight is 349 g/mol.